The molecule has 0 amide bonds. The molecule has 0 bridgehead atoms. The summed E-state index contributed by atoms with van der Waals surface area (Å²) < 4.78 is 11.1. The van der Waals surface area contributed by atoms with Gasteiger partial charge in [-0.1, -0.05) is 68.8 Å². The molecular weight excluding hydrogens is 331 g/mol. The summed E-state index contributed by atoms with van der Waals surface area (Å²) in [4.78, 5) is 12.4. The second kappa shape index (κ2) is 7.03. The van der Waals surface area contributed by atoms with E-state index < -0.39 is 8.60 Å². The maximum absolute atomic E-state index is 12.4. The summed E-state index contributed by atoms with van der Waals surface area (Å²) in [6, 6.07) is 19.4. The Hall–Kier alpha value is -2.09. The highest BCUT2D eigenvalue weighted by molar-refractivity contribution is 7.39. The van der Waals surface area contributed by atoms with Crippen molar-refractivity contribution in [1.29, 1.82) is 0 Å². The van der Waals surface area contributed by atoms with E-state index in [1.54, 1.807) is 6.07 Å². The van der Waals surface area contributed by atoms with Crippen molar-refractivity contribution in [1.82, 2.24) is 0 Å². The van der Waals surface area contributed by atoms with Crippen molar-refractivity contribution in [3.8, 4) is 11.5 Å². The Morgan fingerprint density at radius 2 is 1.56 bits per heavy atom. The minimum atomic E-state index is -2.31. The van der Waals surface area contributed by atoms with E-state index in [-0.39, 0.29) is 5.41 Å². The molecule has 1 unspecified atom stereocenters. The largest absolute Gasteiger partial charge is 0.765 e. The third-order valence-electron chi connectivity index (χ3n) is 4.02. The third-order valence-corrected chi connectivity index (χ3v) is 4.72. The minimum Gasteiger partial charge on any atom is -0.765 e. The predicted octanol–water partition coefficient (Wildman–Crippen LogP) is 5.49. The van der Waals surface area contributed by atoms with E-state index in [0.29, 0.717) is 11.5 Å². The lowest BCUT2D eigenvalue weighted by Gasteiger charge is -2.28. The molecular formula is C21H22O3P-. The van der Waals surface area contributed by atoms with Gasteiger partial charge in [0.05, 0.1) is 0 Å². The SMILES string of the molecule is Cc1ccc(OP([O-])Oc2ccc3ccccc3c2)c(C(C)(C)C)c1. The average Bonchev–Trinajstić information content (AvgIpc) is 2.55. The van der Waals surface area contributed by atoms with E-state index in [1.165, 1.54) is 0 Å². The summed E-state index contributed by atoms with van der Waals surface area (Å²) in [5, 5.41) is 2.15. The van der Waals surface area contributed by atoms with Gasteiger partial charge in [0.1, 0.15) is 11.5 Å². The van der Waals surface area contributed by atoms with E-state index in [9.17, 15) is 4.89 Å². The molecule has 3 nitrogen and oxygen atoms in total. The van der Waals surface area contributed by atoms with Crippen LogP contribution < -0.4 is 13.9 Å². The lowest BCUT2D eigenvalue weighted by atomic mass is 9.85. The Kier molecular flexibility index (Phi) is 4.99. The molecule has 3 rings (SSSR count). The van der Waals surface area contributed by atoms with Crippen LogP contribution in [0.25, 0.3) is 10.8 Å². The molecule has 1 atom stereocenters. The second-order valence-electron chi connectivity index (χ2n) is 7.16. The average molecular weight is 353 g/mol. The van der Waals surface area contributed by atoms with E-state index in [2.05, 4.69) is 26.8 Å². The molecule has 3 aromatic carbocycles. The van der Waals surface area contributed by atoms with Gasteiger partial charge in [-0.2, -0.15) is 0 Å². The zero-order valence-corrected chi connectivity index (χ0v) is 15.8. The Morgan fingerprint density at radius 1 is 0.840 bits per heavy atom. The van der Waals surface area contributed by atoms with Gasteiger partial charge in [-0.05, 0) is 41.3 Å². The number of aryl methyl sites for hydroxylation is 1. The normalized spacial score (nSPS) is 12.8. The molecule has 0 heterocycles. The fourth-order valence-electron chi connectivity index (χ4n) is 2.72. The van der Waals surface area contributed by atoms with Crippen molar-refractivity contribution in [2.45, 2.75) is 33.1 Å². The Balaban J connectivity index is 1.79. The smallest absolute Gasteiger partial charge is 0.210 e. The molecule has 0 fully saturated rings. The summed E-state index contributed by atoms with van der Waals surface area (Å²) in [5.74, 6) is 1.13. The molecule has 130 valence electrons. The molecule has 0 N–H and O–H groups in total. The van der Waals surface area contributed by atoms with Crippen LogP contribution in [0.4, 0.5) is 0 Å². The van der Waals surface area contributed by atoms with Crippen LogP contribution in [-0.4, -0.2) is 0 Å². The highest BCUT2D eigenvalue weighted by atomic mass is 31.2. The molecule has 0 saturated carbocycles. The van der Waals surface area contributed by atoms with Gasteiger partial charge < -0.3 is 13.9 Å². The van der Waals surface area contributed by atoms with E-state index in [4.69, 9.17) is 9.05 Å². The van der Waals surface area contributed by atoms with Gasteiger partial charge in [-0.3, -0.25) is 0 Å². The van der Waals surface area contributed by atoms with Gasteiger partial charge in [0.15, 0.2) is 0 Å². The maximum Gasteiger partial charge on any atom is 0.210 e. The van der Waals surface area contributed by atoms with Crippen molar-refractivity contribution in [3.05, 3.63) is 71.8 Å². The first-order valence-electron chi connectivity index (χ1n) is 8.26. The van der Waals surface area contributed by atoms with E-state index in [1.807, 2.05) is 55.5 Å². The number of rotatable bonds is 4. The van der Waals surface area contributed by atoms with Gasteiger partial charge in [-0.25, -0.2) is 0 Å². The topological polar surface area (TPSA) is 41.5 Å². The van der Waals surface area contributed by atoms with Crippen LogP contribution in [0.5, 0.6) is 11.5 Å². The van der Waals surface area contributed by atoms with Crippen LogP contribution >= 0.6 is 8.60 Å². The zero-order chi connectivity index (χ0) is 18.0. The Morgan fingerprint density at radius 3 is 2.28 bits per heavy atom. The van der Waals surface area contributed by atoms with Crippen LogP contribution in [0.2, 0.25) is 0 Å². The van der Waals surface area contributed by atoms with Crippen molar-refractivity contribution >= 4 is 19.4 Å². The number of fused-ring (bicyclic) bond motifs is 1. The fourth-order valence-corrected chi connectivity index (χ4v) is 3.36. The van der Waals surface area contributed by atoms with Crippen molar-refractivity contribution < 1.29 is 13.9 Å². The van der Waals surface area contributed by atoms with E-state index in [0.717, 1.165) is 21.9 Å². The molecule has 25 heavy (non-hydrogen) atoms. The summed E-state index contributed by atoms with van der Waals surface area (Å²) in [6.07, 6.45) is 0. The highest BCUT2D eigenvalue weighted by Gasteiger charge is 2.20. The van der Waals surface area contributed by atoms with Crippen LogP contribution in [-0.2, 0) is 5.41 Å². The van der Waals surface area contributed by atoms with Crippen LogP contribution in [0.15, 0.2) is 60.7 Å². The number of benzene rings is 3. The second-order valence-corrected chi connectivity index (χ2v) is 7.98. The van der Waals surface area contributed by atoms with Gasteiger partial charge in [0.25, 0.3) is 0 Å². The first kappa shape index (κ1) is 17.7. The van der Waals surface area contributed by atoms with Crippen LogP contribution in [0.3, 0.4) is 0 Å². The van der Waals surface area contributed by atoms with Crippen molar-refractivity contribution in [3.63, 3.8) is 0 Å². The molecule has 0 aliphatic heterocycles. The standard InChI is InChI=1S/C21H22O3P/c1-15-9-12-20(19(13-15)21(2,3)4)24-25(22)23-18-11-10-16-7-5-6-8-17(16)14-18/h5-14H,1-4H3/q-1. The zero-order valence-electron chi connectivity index (χ0n) is 14.9. The van der Waals surface area contributed by atoms with Gasteiger partial charge >= 0.3 is 0 Å². The fraction of sp³-hybridized carbons (Fsp3) is 0.238. The Bertz CT molecular complexity index is 884. The van der Waals surface area contributed by atoms with Gasteiger partial charge in [0, 0.05) is 5.56 Å². The number of hydrogen-bond acceptors (Lipinski definition) is 3. The minimum absolute atomic E-state index is 0.111. The maximum atomic E-state index is 12.4. The molecule has 4 heteroatoms. The first-order chi connectivity index (χ1) is 11.8. The van der Waals surface area contributed by atoms with Gasteiger partial charge in [-0.15, -0.1) is 0 Å². The number of hydrogen-bond donors (Lipinski definition) is 0. The molecule has 0 saturated heterocycles. The molecule has 0 aliphatic rings. The predicted molar refractivity (Wildman–Crippen MR) is 102 cm³/mol. The molecule has 0 radical (unpaired) electrons. The van der Waals surface area contributed by atoms with Crippen molar-refractivity contribution in [2.75, 3.05) is 0 Å². The molecule has 0 aliphatic carbocycles. The van der Waals surface area contributed by atoms with Crippen LogP contribution in [0.1, 0.15) is 31.9 Å². The molecule has 0 spiro atoms. The monoisotopic (exact) mass is 353 g/mol. The summed E-state index contributed by atoms with van der Waals surface area (Å²) in [5.41, 5.74) is 2.04. The quantitative estimate of drug-likeness (QED) is 0.582. The highest BCUT2D eigenvalue weighted by Crippen LogP contribution is 2.39. The van der Waals surface area contributed by atoms with E-state index >= 15 is 0 Å². The first-order valence-corrected chi connectivity index (χ1v) is 9.35. The summed E-state index contributed by atoms with van der Waals surface area (Å²) in [7, 11) is -2.31. The Labute approximate surface area is 150 Å². The lowest BCUT2D eigenvalue weighted by Crippen LogP contribution is -2.15. The summed E-state index contributed by atoms with van der Waals surface area (Å²) in [6.45, 7) is 8.34. The lowest BCUT2D eigenvalue weighted by molar-refractivity contribution is -0.189. The molecule has 3 aromatic rings. The van der Waals surface area contributed by atoms with Crippen molar-refractivity contribution in [2.24, 2.45) is 0 Å². The summed E-state index contributed by atoms with van der Waals surface area (Å²) >= 11 is 0. The van der Waals surface area contributed by atoms with Gasteiger partial charge in [0.2, 0.25) is 8.60 Å². The van der Waals surface area contributed by atoms with Crippen LogP contribution in [0, 0.1) is 6.92 Å². The third kappa shape index (κ3) is 4.31. The molecule has 0 aromatic heterocycles.